The molecule has 0 bridgehead atoms. The van der Waals surface area contributed by atoms with Crippen molar-refractivity contribution in [3.63, 3.8) is 0 Å². The van der Waals surface area contributed by atoms with Crippen LogP contribution in [0.5, 0.6) is 0 Å². The second-order valence-electron chi connectivity index (χ2n) is 8.14. The zero-order chi connectivity index (χ0) is 23.7. The van der Waals surface area contributed by atoms with Crippen molar-refractivity contribution in [2.45, 2.75) is 19.0 Å². The molecule has 3 heterocycles. The Labute approximate surface area is 203 Å². The number of hydrogen-bond acceptors (Lipinski definition) is 4. The molecular formula is C27H24N4O2S. The predicted molar refractivity (Wildman–Crippen MR) is 136 cm³/mol. The van der Waals surface area contributed by atoms with Gasteiger partial charge in [0, 0.05) is 23.8 Å². The van der Waals surface area contributed by atoms with E-state index in [1.165, 1.54) is 12.7 Å². The van der Waals surface area contributed by atoms with Gasteiger partial charge in [-0.2, -0.15) is 0 Å². The number of nitrogens with one attached hydrogen (secondary N) is 1. The minimum atomic E-state index is -0.382. The van der Waals surface area contributed by atoms with Gasteiger partial charge in [0.05, 0.1) is 30.1 Å². The summed E-state index contributed by atoms with van der Waals surface area (Å²) in [7, 11) is 1.39. The average Bonchev–Trinajstić information content (AvgIpc) is 3.49. The number of aromatic nitrogens is 2. The van der Waals surface area contributed by atoms with Crippen LogP contribution >= 0.6 is 12.2 Å². The van der Waals surface area contributed by atoms with Crippen LogP contribution in [0.1, 0.15) is 39.4 Å². The minimum absolute atomic E-state index is 0.186. The number of hydrogen-bond donors (Lipinski definition) is 1. The van der Waals surface area contributed by atoms with Gasteiger partial charge in [0.1, 0.15) is 6.04 Å². The number of para-hydroxylation sites is 1. The monoisotopic (exact) mass is 468 g/mol. The van der Waals surface area contributed by atoms with Crippen molar-refractivity contribution < 1.29 is 9.53 Å². The lowest BCUT2D eigenvalue weighted by atomic mass is 10.00. The lowest BCUT2D eigenvalue weighted by Gasteiger charge is -2.29. The van der Waals surface area contributed by atoms with E-state index in [0.29, 0.717) is 10.7 Å². The topological polar surface area (TPSA) is 59.4 Å². The molecule has 0 aliphatic carbocycles. The van der Waals surface area contributed by atoms with Crippen molar-refractivity contribution in [1.29, 1.82) is 0 Å². The highest BCUT2D eigenvalue weighted by Gasteiger charge is 2.42. The summed E-state index contributed by atoms with van der Waals surface area (Å²) in [5.74, 6) is -0.382. The number of thiocarbonyl (C=S) groups is 1. The highest BCUT2D eigenvalue weighted by atomic mass is 32.1. The number of methoxy groups -OCH3 is 1. The molecule has 34 heavy (non-hydrogen) atoms. The molecule has 0 spiro atoms. The van der Waals surface area contributed by atoms with Crippen LogP contribution in [0.3, 0.4) is 0 Å². The van der Waals surface area contributed by atoms with E-state index in [0.717, 1.165) is 22.8 Å². The van der Waals surface area contributed by atoms with Gasteiger partial charge in [-0.25, -0.2) is 4.79 Å². The van der Waals surface area contributed by atoms with Crippen LogP contribution in [0, 0.1) is 6.92 Å². The number of esters is 1. The first-order chi connectivity index (χ1) is 16.6. The van der Waals surface area contributed by atoms with Gasteiger partial charge in [-0.3, -0.25) is 4.98 Å². The van der Waals surface area contributed by atoms with Crippen molar-refractivity contribution in [1.82, 2.24) is 14.9 Å². The van der Waals surface area contributed by atoms with Crippen molar-refractivity contribution in [3.8, 4) is 5.69 Å². The van der Waals surface area contributed by atoms with Crippen LogP contribution < -0.4 is 10.2 Å². The van der Waals surface area contributed by atoms with E-state index in [4.69, 9.17) is 17.0 Å². The Morgan fingerprint density at radius 3 is 2.50 bits per heavy atom. The fourth-order valence-electron chi connectivity index (χ4n) is 4.46. The highest BCUT2D eigenvalue weighted by molar-refractivity contribution is 7.80. The first-order valence-electron chi connectivity index (χ1n) is 11.0. The largest absolute Gasteiger partial charge is 0.465 e. The average molecular weight is 469 g/mol. The summed E-state index contributed by atoms with van der Waals surface area (Å²) in [6.45, 7) is 2.06. The van der Waals surface area contributed by atoms with E-state index in [2.05, 4.69) is 52.5 Å². The summed E-state index contributed by atoms with van der Waals surface area (Å²) in [5.41, 5.74) is 5.26. The number of rotatable bonds is 5. The van der Waals surface area contributed by atoms with Crippen LogP contribution in [0.25, 0.3) is 5.69 Å². The number of aryl methyl sites for hydroxylation is 1. The molecule has 0 unspecified atom stereocenters. The second kappa shape index (κ2) is 9.11. The zero-order valence-electron chi connectivity index (χ0n) is 18.9. The van der Waals surface area contributed by atoms with Crippen molar-refractivity contribution in [2.75, 3.05) is 12.0 Å². The summed E-state index contributed by atoms with van der Waals surface area (Å²) < 4.78 is 7.08. The molecule has 0 saturated carbocycles. The summed E-state index contributed by atoms with van der Waals surface area (Å²) in [5, 5.41) is 4.11. The maximum Gasteiger partial charge on any atom is 0.339 e. The summed E-state index contributed by atoms with van der Waals surface area (Å²) in [4.78, 5) is 19.3. The Hall–Kier alpha value is -3.97. The number of anilines is 1. The Morgan fingerprint density at radius 2 is 1.76 bits per heavy atom. The minimum Gasteiger partial charge on any atom is -0.465 e. The molecule has 1 aliphatic heterocycles. The smallest absolute Gasteiger partial charge is 0.339 e. The van der Waals surface area contributed by atoms with Gasteiger partial charge in [0.25, 0.3) is 0 Å². The Kier molecular flexibility index (Phi) is 5.86. The van der Waals surface area contributed by atoms with Crippen LogP contribution in [0.15, 0.2) is 91.3 Å². The molecule has 170 valence electrons. The van der Waals surface area contributed by atoms with Gasteiger partial charge < -0.3 is 19.5 Å². The van der Waals surface area contributed by atoms with Gasteiger partial charge in [-0.05, 0) is 67.7 Å². The molecule has 6 nitrogen and oxygen atoms in total. The van der Waals surface area contributed by atoms with Gasteiger partial charge in [-0.15, -0.1) is 0 Å². The van der Waals surface area contributed by atoms with E-state index >= 15 is 0 Å². The van der Waals surface area contributed by atoms with E-state index in [1.807, 2.05) is 53.2 Å². The molecule has 0 radical (unpaired) electrons. The van der Waals surface area contributed by atoms with E-state index in [-0.39, 0.29) is 18.1 Å². The third-order valence-electron chi connectivity index (χ3n) is 6.06. The fraction of sp³-hybridized carbons (Fsp3) is 0.148. The van der Waals surface area contributed by atoms with Crippen molar-refractivity contribution >= 4 is 29.0 Å². The molecule has 7 heteroatoms. The number of benzene rings is 2. The number of ether oxygens (including phenoxy) is 1. The Bertz CT molecular complexity index is 1330. The van der Waals surface area contributed by atoms with Crippen molar-refractivity contribution in [3.05, 3.63) is 114 Å². The molecule has 1 N–H and O–H groups in total. The van der Waals surface area contributed by atoms with Gasteiger partial charge in [0.15, 0.2) is 5.11 Å². The number of carbonyl (C=O) groups is 1. The fourth-order valence-corrected chi connectivity index (χ4v) is 4.81. The quantitative estimate of drug-likeness (QED) is 0.323. The normalized spacial score (nSPS) is 17.5. The lowest BCUT2D eigenvalue weighted by Crippen LogP contribution is -2.30. The Balaban J connectivity index is 1.69. The Morgan fingerprint density at radius 1 is 1.00 bits per heavy atom. The molecule has 2 aromatic heterocycles. The number of pyridine rings is 1. The third kappa shape index (κ3) is 3.84. The molecule has 1 fully saturated rings. The maximum absolute atomic E-state index is 12.5. The number of nitrogens with zero attached hydrogens (tertiary/aromatic N) is 3. The van der Waals surface area contributed by atoms with Crippen LogP contribution in [-0.2, 0) is 4.74 Å². The zero-order valence-corrected chi connectivity index (χ0v) is 19.7. The SMILES string of the molecule is COC(=O)c1ccccc1-n1cccc1[C@H]1[C@@H](c2ccccn2)NC(=S)N1c1ccc(C)cc1. The first kappa shape index (κ1) is 21.9. The molecule has 5 rings (SSSR count). The molecule has 1 saturated heterocycles. The molecule has 4 aromatic rings. The van der Waals surface area contributed by atoms with Crippen LogP contribution in [0.4, 0.5) is 5.69 Å². The highest BCUT2D eigenvalue weighted by Crippen LogP contribution is 2.42. The molecule has 2 aromatic carbocycles. The third-order valence-corrected chi connectivity index (χ3v) is 6.38. The number of carbonyl (C=O) groups excluding carboxylic acids is 1. The summed E-state index contributed by atoms with van der Waals surface area (Å²) in [6.07, 6.45) is 3.75. The molecule has 1 aliphatic rings. The predicted octanol–water partition coefficient (Wildman–Crippen LogP) is 5.14. The van der Waals surface area contributed by atoms with Crippen molar-refractivity contribution in [2.24, 2.45) is 0 Å². The summed E-state index contributed by atoms with van der Waals surface area (Å²) >= 11 is 5.83. The standard InChI is InChI=1S/C27H24N4O2S/c1-18-12-14-19(15-13-18)31-25(24(29-27(31)34)21-9-5-6-16-28-21)23-11-7-17-30(23)22-10-4-3-8-20(22)26(32)33-2/h3-17,24-25H,1-2H3,(H,29,34)/t24-,25+/m1/s1. The lowest BCUT2D eigenvalue weighted by molar-refractivity contribution is 0.0600. The molecule has 0 amide bonds. The second-order valence-corrected chi connectivity index (χ2v) is 8.53. The molecular weight excluding hydrogens is 444 g/mol. The van der Waals surface area contributed by atoms with Gasteiger partial charge >= 0.3 is 5.97 Å². The van der Waals surface area contributed by atoms with Crippen LogP contribution in [0.2, 0.25) is 0 Å². The maximum atomic E-state index is 12.5. The van der Waals surface area contributed by atoms with Crippen LogP contribution in [-0.4, -0.2) is 27.7 Å². The van der Waals surface area contributed by atoms with Gasteiger partial charge in [0.2, 0.25) is 0 Å². The van der Waals surface area contributed by atoms with E-state index in [1.54, 1.807) is 12.3 Å². The molecule has 2 atom stereocenters. The summed E-state index contributed by atoms with van der Waals surface area (Å²) in [6, 6.07) is 25.3. The van der Waals surface area contributed by atoms with Gasteiger partial charge in [-0.1, -0.05) is 35.9 Å². The van der Waals surface area contributed by atoms with E-state index in [9.17, 15) is 4.79 Å². The van der Waals surface area contributed by atoms with E-state index < -0.39 is 0 Å². The first-order valence-corrected chi connectivity index (χ1v) is 11.4.